The molecule has 7 heteroatoms. The number of hydrogen-bond acceptors (Lipinski definition) is 4. The molecule has 1 unspecified atom stereocenters. The molecule has 1 aromatic rings. The number of carboxylic acid groups (broad SMARTS) is 1. The molecule has 2 amide bonds. The van der Waals surface area contributed by atoms with Crippen molar-refractivity contribution in [2.45, 2.75) is 51.8 Å². The Bertz CT molecular complexity index is 580. The van der Waals surface area contributed by atoms with E-state index in [1.165, 1.54) is 6.92 Å². The Balaban J connectivity index is 2.84. The molecule has 3 N–H and O–H groups in total. The summed E-state index contributed by atoms with van der Waals surface area (Å²) in [4.78, 5) is 35.2. The Kier molecular flexibility index (Phi) is 6.76. The third-order valence-corrected chi connectivity index (χ3v) is 3.02. The average molecular weight is 336 g/mol. The Morgan fingerprint density at radius 3 is 2.21 bits per heavy atom. The molecule has 0 fully saturated rings. The van der Waals surface area contributed by atoms with Crippen molar-refractivity contribution in [3.8, 4) is 0 Å². The number of carbonyl (C=O) groups is 3. The van der Waals surface area contributed by atoms with E-state index in [-0.39, 0.29) is 6.42 Å². The molecule has 0 saturated heterocycles. The van der Waals surface area contributed by atoms with Crippen LogP contribution in [0, 0.1) is 0 Å². The van der Waals surface area contributed by atoms with Crippen molar-refractivity contribution >= 4 is 18.0 Å². The van der Waals surface area contributed by atoms with Crippen LogP contribution in [0.3, 0.4) is 0 Å². The van der Waals surface area contributed by atoms with Gasteiger partial charge < -0.3 is 20.5 Å². The van der Waals surface area contributed by atoms with Crippen molar-refractivity contribution in [2.75, 3.05) is 0 Å². The summed E-state index contributed by atoms with van der Waals surface area (Å²) in [7, 11) is 0. The van der Waals surface area contributed by atoms with Gasteiger partial charge in [-0.25, -0.2) is 4.79 Å². The zero-order valence-electron chi connectivity index (χ0n) is 14.3. The van der Waals surface area contributed by atoms with Gasteiger partial charge in [-0.2, -0.15) is 0 Å². The van der Waals surface area contributed by atoms with E-state index in [0.29, 0.717) is 0 Å². The summed E-state index contributed by atoms with van der Waals surface area (Å²) >= 11 is 0. The molecule has 0 aliphatic carbocycles. The Hall–Kier alpha value is -2.57. The maximum Gasteiger partial charge on any atom is 0.408 e. The summed E-state index contributed by atoms with van der Waals surface area (Å²) < 4.78 is 5.16. The van der Waals surface area contributed by atoms with Gasteiger partial charge >= 0.3 is 12.1 Å². The lowest BCUT2D eigenvalue weighted by Crippen LogP contribution is -2.52. The molecule has 1 aromatic carbocycles. The van der Waals surface area contributed by atoms with E-state index in [1.54, 1.807) is 20.8 Å². The molecule has 0 spiro atoms. The van der Waals surface area contributed by atoms with E-state index in [1.807, 2.05) is 30.3 Å². The van der Waals surface area contributed by atoms with Crippen LogP contribution in [0.15, 0.2) is 30.3 Å². The lowest BCUT2D eigenvalue weighted by molar-refractivity contribution is -0.141. The van der Waals surface area contributed by atoms with E-state index in [0.717, 1.165) is 5.56 Å². The zero-order chi connectivity index (χ0) is 18.3. The fraction of sp³-hybridized carbons (Fsp3) is 0.471. The van der Waals surface area contributed by atoms with Crippen molar-refractivity contribution in [1.82, 2.24) is 10.6 Å². The van der Waals surface area contributed by atoms with Crippen molar-refractivity contribution in [3.05, 3.63) is 35.9 Å². The fourth-order valence-corrected chi connectivity index (χ4v) is 1.88. The predicted octanol–water partition coefficient (Wildman–Crippen LogP) is 1.71. The molecular weight excluding hydrogens is 312 g/mol. The molecule has 0 aliphatic heterocycles. The van der Waals surface area contributed by atoms with Gasteiger partial charge in [0.1, 0.15) is 17.7 Å². The number of carboxylic acids is 1. The molecule has 24 heavy (non-hydrogen) atoms. The predicted molar refractivity (Wildman–Crippen MR) is 88.5 cm³/mol. The van der Waals surface area contributed by atoms with Crippen LogP contribution in [0.5, 0.6) is 0 Å². The molecule has 1 rings (SSSR count). The highest BCUT2D eigenvalue weighted by atomic mass is 16.6. The first-order chi connectivity index (χ1) is 11.1. The smallest absolute Gasteiger partial charge is 0.408 e. The maximum absolute atomic E-state index is 12.3. The Morgan fingerprint density at radius 2 is 1.71 bits per heavy atom. The molecule has 7 nitrogen and oxygen atoms in total. The normalized spacial score (nSPS) is 13.5. The lowest BCUT2D eigenvalue weighted by Gasteiger charge is -2.24. The summed E-state index contributed by atoms with van der Waals surface area (Å²) in [6, 6.07) is 7.11. The number of rotatable bonds is 6. The van der Waals surface area contributed by atoms with Crippen LogP contribution in [0.4, 0.5) is 4.79 Å². The molecule has 2 atom stereocenters. The first-order valence-electron chi connectivity index (χ1n) is 7.65. The van der Waals surface area contributed by atoms with Gasteiger partial charge in [-0.15, -0.1) is 0 Å². The SMILES string of the molecule is CC(NC(=O)[C@H](Cc1ccccc1)NC(=O)OC(C)(C)C)C(=O)O. The van der Waals surface area contributed by atoms with Gasteiger partial charge in [-0.05, 0) is 33.3 Å². The van der Waals surface area contributed by atoms with E-state index < -0.39 is 35.7 Å². The summed E-state index contributed by atoms with van der Waals surface area (Å²) in [5.41, 5.74) is 0.128. The minimum Gasteiger partial charge on any atom is -0.480 e. The van der Waals surface area contributed by atoms with Crippen LogP contribution in [0.1, 0.15) is 33.3 Å². The van der Waals surface area contributed by atoms with Crippen molar-refractivity contribution in [2.24, 2.45) is 0 Å². The minimum atomic E-state index is -1.15. The van der Waals surface area contributed by atoms with Crippen LogP contribution in [0.25, 0.3) is 0 Å². The van der Waals surface area contributed by atoms with E-state index in [9.17, 15) is 14.4 Å². The lowest BCUT2D eigenvalue weighted by atomic mass is 10.1. The molecule has 0 heterocycles. The van der Waals surface area contributed by atoms with Crippen LogP contribution in [-0.2, 0) is 20.7 Å². The number of carbonyl (C=O) groups excluding carboxylic acids is 2. The average Bonchev–Trinajstić information content (AvgIpc) is 2.45. The molecule has 0 aromatic heterocycles. The van der Waals surface area contributed by atoms with Gasteiger partial charge in [-0.1, -0.05) is 30.3 Å². The largest absolute Gasteiger partial charge is 0.480 e. The molecule has 0 radical (unpaired) electrons. The van der Waals surface area contributed by atoms with E-state index >= 15 is 0 Å². The second kappa shape index (κ2) is 8.33. The highest BCUT2D eigenvalue weighted by Gasteiger charge is 2.26. The van der Waals surface area contributed by atoms with E-state index in [4.69, 9.17) is 9.84 Å². The quantitative estimate of drug-likeness (QED) is 0.733. The van der Waals surface area contributed by atoms with Crippen LogP contribution >= 0.6 is 0 Å². The number of aliphatic carboxylic acids is 1. The van der Waals surface area contributed by atoms with Gasteiger partial charge in [0, 0.05) is 6.42 Å². The summed E-state index contributed by atoms with van der Waals surface area (Å²) in [6.45, 7) is 6.50. The summed E-state index contributed by atoms with van der Waals surface area (Å²) in [5.74, 6) is -1.74. The minimum absolute atomic E-state index is 0.220. The highest BCUT2D eigenvalue weighted by molar-refractivity contribution is 5.89. The first kappa shape index (κ1) is 19.5. The van der Waals surface area contributed by atoms with Gasteiger partial charge in [0.15, 0.2) is 0 Å². The van der Waals surface area contributed by atoms with Crippen LogP contribution in [0.2, 0.25) is 0 Å². The number of ether oxygens (including phenoxy) is 1. The van der Waals surface area contributed by atoms with Gasteiger partial charge in [0.05, 0.1) is 0 Å². The Morgan fingerprint density at radius 1 is 1.12 bits per heavy atom. The molecule has 132 valence electrons. The first-order valence-corrected chi connectivity index (χ1v) is 7.65. The Labute approximate surface area is 141 Å². The second-order valence-electron chi connectivity index (χ2n) is 6.46. The topological polar surface area (TPSA) is 105 Å². The number of alkyl carbamates (subject to hydrolysis) is 1. The van der Waals surface area contributed by atoms with E-state index in [2.05, 4.69) is 10.6 Å². The van der Waals surface area contributed by atoms with Gasteiger partial charge in [0.2, 0.25) is 5.91 Å². The highest BCUT2D eigenvalue weighted by Crippen LogP contribution is 2.09. The van der Waals surface area contributed by atoms with Crippen molar-refractivity contribution in [3.63, 3.8) is 0 Å². The molecular formula is C17H24N2O5. The van der Waals surface area contributed by atoms with Crippen LogP contribution in [-0.4, -0.2) is 40.8 Å². The fourth-order valence-electron chi connectivity index (χ4n) is 1.88. The molecule has 0 saturated carbocycles. The molecule has 0 aliphatic rings. The van der Waals surface area contributed by atoms with Gasteiger partial charge in [-0.3, -0.25) is 9.59 Å². The zero-order valence-corrected chi connectivity index (χ0v) is 14.3. The van der Waals surface area contributed by atoms with Crippen molar-refractivity contribution in [1.29, 1.82) is 0 Å². The standard InChI is InChI=1S/C17H24N2O5/c1-11(15(21)22)18-14(20)13(10-12-8-6-5-7-9-12)19-16(23)24-17(2,3)4/h5-9,11,13H,10H2,1-4H3,(H,18,20)(H,19,23)(H,21,22)/t11?,13-/m0/s1. The number of amides is 2. The third kappa shape index (κ3) is 7.13. The van der Waals surface area contributed by atoms with Crippen molar-refractivity contribution < 1.29 is 24.2 Å². The monoisotopic (exact) mass is 336 g/mol. The number of nitrogens with one attached hydrogen (secondary N) is 2. The summed E-state index contributed by atoms with van der Waals surface area (Å²) in [6.07, 6.45) is -0.514. The third-order valence-electron chi connectivity index (χ3n) is 3.02. The maximum atomic E-state index is 12.3. The second-order valence-corrected chi connectivity index (χ2v) is 6.46. The summed E-state index contributed by atoms with van der Waals surface area (Å²) in [5, 5.41) is 13.8. The molecule has 0 bridgehead atoms. The number of hydrogen-bond donors (Lipinski definition) is 3. The van der Waals surface area contributed by atoms with Gasteiger partial charge in [0.25, 0.3) is 0 Å². The number of benzene rings is 1. The van der Waals surface area contributed by atoms with Crippen LogP contribution < -0.4 is 10.6 Å².